The second-order valence-electron chi connectivity index (χ2n) is 3.09. The molecule has 0 saturated heterocycles. The van der Waals surface area contributed by atoms with Crippen LogP contribution in [0.4, 0.5) is 5.82 Å². The Morgan fingerprint density at radius 3 is 2.88 bits per heavy atom. The molecule has 0 spiro atoms. The van der Waals surface area contributed by atoms with Gasteiger partial charge in [0, 0.05) is 4.88 Å². The first-order valence-corrected chi connectivity index (χ1v) is 5.70. The highest BCUT2D eigenvalue weighted by Gasteiger charge is 2.09. The van der Waals surface area contributed by atoms with E-state index in [1.54, 1.807) is 6.07 Å². The summed E-state index contributed by atoms with van der Waals surface area (Å²) < 4.78 is 0. The minimum atomic E-state index is -0.199. The number of amides is 1. The molecule has 0 aliphatic carbocycles. The fraction of sp³-hybridized carbons (Fsp3) is 0.100. The van der Waals surface area contributed by atoms with Crippen molar-refractivity contribution in [1.82, 2.24) is 9.97 Å². The van der Waals surface area contributed by atoms with E-state index in [1.807, 2.05) is 13.0 Å². The molecule has 0 atom stereocenters. The number of hydrogen-bond acceptors (Lipinski definition) is 4. The summed E-state index contributed by atoms with van der Waals surface area (Å²) in [4.78, 5) is 21.2. The Labute approximate surface area is 101 Å². The van der Waals surface area contributed by atoms with E-state index in [0.29, 0.717) is 10.7 Å². The van der Waals surface area contributed by atoms with Crippen molar-refractivity contribution in [3.05, 3.63) is 39.4 Å². The standard InChI is InChI=1S/C10H8ClN3OS/c1-6-2-3-7(16-6)10(15)14-9-5-12-4-8(11)13-9/h2-5H,1H3,(H,13,14,15). The van der Waals surface area contributed by atoms with Crippen LogP contribution in [-0.2, 0) is 0 Å². The van der Waals surface area contributed by atoms with Gasteiger partial charge in [0.25, 0.3) is 5.91 Å². The lowest BCUT2D eigenvalue weighted by atomic mass is 10.4. The quantitative estimate of drug-likeness (QED) is 0.895. The number of carbonyl (C=O) groups is 1. The van der Waals surface area contributed by atoms with Crippen LogP contribution in [0.3, 0.4) is 0 Å². The molecular formula is C10H8ClN3OS. The molecular weight excluding hydrogens is 246 g/mol. The Morgan fingerprint density at radius 2 is 2.25 bits per heavy atom. The molecule has 0 radical (unpaired) electrons. The first kappa shape index (κ1) is 11.0. The summed E-state index contributed by atoms with van der Waals surface area (Å²) in [6.07, 6.45) is 2.86. The minimum absolute atomic E-state index is 0.199. The monoisotopic (exact) mass is 253 g/mol. The number of aryl methyl sites for hydroxylation is 1. The summed E-state index contributed by atoms with van der Waals surface area (Å²) in [5, 5.41) is 2.88. The van der Waals surface area contributed by atoms with Crippen molar-refractivity contribution in [3.63, 3.8) is 0 Å². The second kappa shape index (κ2) is 4.59. The Bertz CT molecular complexity index is 526. The molecule has 2 aromatic rings. The Morgan fingerprint density at radius 1 is 1.44 bits per heavy atom. The predicted molar refractivity (Wildman–Crippen MR) is 64.1 cm³/mol. The first-order valence-electron chi connectivity index (χ1n) is 4.50. The van der Waals surface area contributed by atoms with Gasteiger partial charge in [-0.25, -0.2) is 4.98 Å². The van der Waals surface area contributed by atoms with Gasteiger partial charge in [0.05, 0.1) is 17.3 Å². The zero-order valence-electron chi connectivity index (χ0n) is 8.40. The van der Waals surface area contributed by atoms with Crippen LogP contribution in [0, 0.1) is 6.92 Å². The topological polar surface area (TPSA) is 54.9 Å². The van der Waals surface area contributed by atoms with Crippen LogP contribution in [0.2, 0.25) is 5.15 Å². The molecule has 6 heteroatoms. The van der Waals surface area contributed by atoms with Crippen LogP contribution in [0.5, 0.6) is 0 Å². The Kier molecular flexibility index (Phi) is 3.17. The average molecular weight is 254 g/mol. The molecule has 1 amide bonds. The van der Waals surface area contributed by atoms with E-state index >= 15 is 0 Å². The summed E-state index contributed by atoms with van der Waals surface area (Å²) in [5.41, 5.74) is 0. The van der Waals surface area contributed by atoms with Gasteiger partial charge in [-0.3, -0.25) is 9.78 Å². The smallest absolute Gasteiger partial charge is 0.266 e. The van der Waals surface area contributed by atoms with E-state index < -0.39 is 0 Å². The van der Waals surface area contributed by atoms with Crippen LogP contribution in [-0.4, -0.2) is 15.9 Å². The number of rotatable bonds is 2. The number of hydrogen-bond donors (Lipinski definition) is 1. The number of anilines is 1. The van der Waals surface area contributed by atoms with E-state index in [0.717, 1.165) is 4.88 Å². The van der Waals surface area contributed by atoms with Gasteiger partial charge in [-0.1, -0.05) is 11.6 Å². The molecule has 0 saturated carbocycles. The number of nitrogens with one attached hydrogen (secondary N) is 1. The number of aromatic nitrogens is 2. The lowest BCUT2D eigenvalue weighted by Gasteiger charge is -2.01. The minimum Gasteiger partial charge on any atom is -0.305 e. The maximum absolute atomic E-state index is 11.7. The summed E-state index contributed by atoms with van der Waals surface area (Å²) in [7, 11) is 0. The third-order valence-corrected chi connectivity index (χ3v) is 2.99. The molecule has 2 heterocycles. The van der Waals surface area contributed by atoms with Crippen molar-refractivity contribution in [2.45, 2.75) is 6.92 Å². The van der Waals surface area contributed by atoms with Crippen LogP contribution in [0.25, 0.3) is 0 Å². The highest BCUT2D eigenvalue weighted by Crippen LogP contribution is 2.16. The third-order valence-electron chi connectivity index (χ3n) is 1.81. The van der Waals surface area contributed by atoms with E-state index in [4.69, 9.17) is 11.6 Å². The third kappa shape index (κ3) is 2.56. The highest BCUT2D eigenvalue weighted by atomic mass is 35.5. The van der Waals surface area contributed by atoms with Crippen LogP contribution in [0.15, 0.2) is 24.5 Å². The van der Waals surface area contributed by atoms with Gasteiger partial charge < -0.3 is 5.32 Å². The van der Waals surface area contributed by atoms with Gasteiger partial charge in [-0.2, -0.15) is 0 Å². The van der Waals surface area contributed by atoms with Crippen molar-refractivity contribution in [2.75, 3.05) is 5.32 Å². The summed E-state index contributed by atoms with van der Waals surface area (Å²) in [5.74, 6) is 0.151. The van der Waals surface area contributed by atoms with Crippen LogP contribution in [0.1, 0.15) is 14.5 Å². The fourth-order valence-electron chi connectivity index (χ4n) is 1.14. The highest BCUT2D eigenvalue weighted by molar-refractivity contribution is 7.14. The fourth-order valence-corrected chi connectivity index (χ4v) is 2.05. The molecule has 0 bridgehead atoms. The molecule has 0 fully saturated rings. The number of nitrogens with zero attached hydrogens (tertiary/aromatic N) is 2. The maximum atomic E-state index is 11.7. The number of thiophene rings is 1. The van der Waals surface area contributed by atoms with E-state index in [-0.39, 0.29) is 11.1 Å². The van der Waals surface area contributed by atoms with E-state index in [1.165, 1.54) is 23.7 Å². The molecule has 4 nitrogen and oxygen atoms in total. The van der Waals surface area contributed by atoms with Crippen LogP contribution < -0.4 is 5.32 Å². The van der Waals surface area contributed by atoms with E-state index in [2.05, 4.69) is 15.3 Å². The average Bonchev–Trinajstić information content (AvgIpc) is 2.65. The van der Waals surface area contributed by atoms with Gasteiger partial charge in [0.1, 0.15) is 5.15 Å². The molecule has 16 heavy (non-hydrogen) atoms. The van der Waals surface area contributed by atoms with Crippen molar-refractivity contribution >= 4 is 34.7 Å². The lowest BCUT2D eigenvalue weighted by molar-refractivity contribution is 0.103. The molecule has 2 rings (SSSR count). The Hall–Kier alpha value is -1.46. The predicted octanol–water partition coefficient (Wildman–Crippen LogP) is 2.75. The lowest BCUT2D eigenvalue weighted by Crippen LogP contribution is -2.11. The molecule has 2 aromatic heterocycles. The molecule has 1 N–H and O–H groups in total. The van der Waals surface area contributed by atoms with Crippen molar-refractivity contribution in [2.24, 2.45) is 0 Å². The summed E-state index contributed by atoms with van der Waals surface area (Å²) >= 11 is 7.08. The second-order valence-corrected chi connectivity index (χ2v) is 4.77. The normalized spacial score (nSPS) is 10.1. The molecule has 82 valence electrons. The van der Waals surface area contributed by atoms with Gasteiger partial charge in [-0.15, -0.1) is 11.3 Å². The van der Waals surface area contributed by atoms with Gasteiger partial charge >= 0.3 is 0 Å². The SMILES string of the molecule is Cc1ccc(C(=O)Nc2cncc(Cl)n2)s1. The van der Waals surface area contributed by atoms with Gasteiger partial charge in [0.2, 0.25) is 0 Å². The molecule has 0 unspecified atom stereocenters. The summed E-state index contributed by atoms with van der Waals surface area (Å²) in [6.45, 7) is 1.95. The zero-order valence-corrected chi connectivity index (χ0v) is 9.97. The Balaban J connectivity index is 2.13. The van der Waals surface area contributed by atoms with Crippen LogP contribution >= 0.6 is 22.9 Å². The summed E-state index contributed by atoms with van der Waals surface area (Å²) in [6, 6.07) is 3.66. The molecule has 0 aromatic carbocycles. The van der Waals surface area contributed by atoms with Crippen molar-refractivity contribution in [1.29, 1.82) is 0 Å². The van der Waals surface area contributed by atoms with Crippen molar-refractivity contribution < 1.29 is 4.79 Å². The number of carbonyl (C=O) groups excluding carboxylic acids is 1. The zero-order chi connectivity index (χ0) is 11.5. The maximum Gasteiger partial charge on any atom is 0.266 e. The first-order chi connectivity index (χ1) is 7.65. The largest absolute Gasteiger partial charge is 0.305 e. The van der Waals surface area contributed by atoms with E-state index in [9.17, 15) is 4.79 Å². The van der Waals surface area contributed by atoms with Gasteiger partial charge in [0.15, 0.2) is 5.82 Å². The molecule has 0 aliphatic rings. The number of halogens is 1. The van der Waals surface area contributed by atoms with Crippen molar-refractivity contribution in [3.8, 4) is 0 Å². The van der Waals surface area contributed by atoms with Gasteiger partial charge in [-0.05, 0) is 19.1 Å². The molecule has 0 aliphatic heterocycles.